The minimum atomic E-state index is 0.219. The summed E-state index contributed by atoms with van der Waals surface area (Å²) in [5.74, 6) is 0.219. The van der Waals surface area contributed by atoms with Crippen LogP contribution in [0.3, 0.4) is 0 Å². The molecule has 0 bridgehead atoms. The van der Waals surface area contributed by atoms with E-state index in [-0.39, 0.29) is 11.8 Å². The van der Waals surface area contributed by atoms with E-state index in [4.69, 9.17) is 0 Å². The van der Waals surface area contributed by atoms with Crippen LogP contribution in [-0.2, 0) is 0 Å². The van der Waals surface area contributed by atoms with Gasteiger partial charge in [-0.05, 0) is 26.0 Å². The topological polar surface area (TPSA) is 38.0 Å². The Morgan fingerprint density at radius 3 is 2.44 bits per heavy atom. The van der Waals surface area contributed by atoms with Gasteiger partial charge in [-0.25, -0.2) is 0 Å². The summed E-state index contributed by atoms with van der Waals surface area (Å²) in [6.45, 7) is 4.07. The first-order valence-corrected chi connectivity index (χ1v) is 5.91. The van der Waals surface area contributed by atoms with Crippen molar-refractivity contribution in [2.24, 2.45) is 0 Å². The second-order valence-corrected chi connectivity index (χ2v) is 4.84. The average Bonchev–Trinajstić information content (AvgIpc) is 2.62. The second kappa shape index (κ2) is 4.29. The van der Waals surface area contributed by atoms with Crippen molar-refractivity contribution in [3.8, 4) is 17.0 Å². The highest BCUT2D eigenvalue weighted by Crippen LogP contribution is 2.31. The quantitative estimate of drug-likeness (QED) is 0.913. The Kier molecular flexibility index (Phi) is 3.01. The van der Waals surface area contributed by atoms with Crippen LogP contribution < -0.4 is 0 Å². The maximum absolute atomic E-state index is 9.81. The molecule has 1 N–H and O–H groups in total. The van der Waals surface area contributed by atoms with Crippen LogP contribution in [0.1, 0.15) is 19.9 Å². The molecule has 84 valence electrons. The first-order chi connectivity index (χ1) is 7.59. The maximum atomic E-state index is 9.81. The van der Waals surface area contributed by atoms with Crippen LogP contribution in [0.5, 0.6) is 5.75 Å². The molecule has 0 aliphatic carbocycles. The molecule has 3 nitrogen and oxygen atoms in total. The van der Waals surface area contributed by atoms with Gasteiger partial charge in [0, 0.05) is 16.1 Å². The molecular weight excluding hydrogens is 268 g/mol. The fourth-order valence-electron chi connectivity index (χ4n) is 1.63. The van der Waals surface area contributed by atoms with Gasteiger partial charge in [-0.3, -0.25) is 4.68 Å². The number of aromatic hydroxyl groups is 1. The van der Waals surface area contributed by atoms with Crippen molar-refractivity contribution < 1.29 is 5.11 Å². The summed E-state index contributed by atoms with van der Waals surface area (Å²) in [6, 6.07) is 8.04. The van der Waals surface area contributed by atoms with Gasteiger partial charge in [-0.15, -0.1) is 0 Å². The Balaban J connectivity index is 2.54. The van der Waals surface area contributed by atoms with Crippen LogP contribution in [0.2, 0.25) is 0 Å². The molecule has 1 aromatic carbocycles. The number of hydrogen-bond donors (Lipinski definition) is 1. The highest BCUT2D eigenvalue weighted by Gasteiger charge is 2.13. The summed E-state index contributed by atoms with van der Waals surface area (Å²) >= 11 is 3.39. The highest BCUT2D eigenvalue weighted by atomic mass is 79.9. The highest BCUT2D eigenvalue weighted by molar-refractivity contribution is 9.10. The molecule has 0 spiro atoms. The third kappa shape index (κ3) is 1.97. The molecule has 0 saturated carbocycles. The lowest BCUT2D eigenvalue weighted by Crippen LogP contribution is -2.04. The number of benzene rings is 1. The molecule has 0 aliphatic rings. The molecule has 0 amide bonds. The summed E-state index contributed by atoms with van der Waals surface area (Å²) in [7, 11) is 0. The normalized spacial score (nSPS) is 11.0. The predicted molar refractivity (Wildman–Crippen MR) is 67.4 cm³/mol. The Bertz CT molecular complexity index is 488. The van der Waals surface area contributed by atoms with Crippen LogP contribution in [0, 0.1) is 0 Å². The number of rotatable bonds is 2. The summed E-state index contributed by atoms with van der Waals surface area (Å²) in [4.78, 5) is 0. The van der Waals surface area contributed by atoms with E-state index in [9.17, 15) is 5.11 Å². The van der Waals surface area contributed by atoms with E-state index >= 15 is 0 Å². The molecule has 0 radical (unpaired) electrons. The summed E-state index contributed by atoms with van der Waals surface area (Å²) < 4.78 is 2.84. The van der Waals surface area contributed by atoms with E-state index in [1.165, 1.54) is 6.20 Å². The van der Waals surface area contributed by atoms with Crippen molar-refractivity contribution in [3.05, 3.63) is 34.9 Å². The van der Waals surface area contributed by atoms with Crippen molar-refractivity contribution in [2.75, 3.05) is 0 Å². The molecule has 0 unspecified atom stereocenters. The van der Waals surface area contributed by atoms with Crippen LogP contribution in [-0.4, -0.2) is 14.9 Å². The van der Waals surface area contributed by atoms with E-state index in [0.717, 1.165) is 15.7 Å². The Morgan fingerprint density at radius 2 is 1.88 bits per heavy atom. The Hall–Kier alpha value is -1.29. The molecule has 4 heteroatoms. The number of hydrogen-bond acceptors (Lipinski definition) is 2. The number of nitrogens with zero attached hydrogens (tertiary/aromatic N) is 2. The molecule has 0 aliphatic heterocycles. The van der Waals surface area contributed by atoms with E-state index in [0.29, 0.717) is 0 Å². The minimum Gasteiger partial charge on any atom is -0.504 e. The summed E-state index contributed by atoms with van der Waals surface area (Å²) in [6.07, 6.45) is 1.48. The van der Waals surface area contributed by atoms with E-state index < -0.39 is 0 Å². The van der Waals surface area contributed by atoms with Gasteiger partial charge in [0.05, 0.1) is 6.20 Å². The van der Waals surface area contributed by atoms with Gasteiger partial charge in [0.25, 0.3) is 0 Å². The lowest BCUT2D eigenvalue weighted by atomic mass is 10.1. The molecule has 2 rings (SSSR count). The first-order valence-electron chi connectivity index (χ1n) is 5.12. The van der Waals surface area contributed by atoms with Crippen LogP contribution in [0.15, 0.2) is 34.9 Å². The third-order valence-electron chi connectivity index (χ3n) is 2.38. The molecule has 0 atom stereocenters. The molecular formula is C12H13BrN2O. The van der Waals surface area contributed by atoms with Crippen LogP contribution >= 0.6 is 15.9 Å². The standard InChI is InChI=1S/C12H13BrN2O/c1-8(2)15-12(11(16)7-14-15)9-3-5-10(13)6-4-9/h3-8,16H,1-2H3. The zero-order chi connectivity index (χ0) is 11.7. The van der Waals surface area contributed by atoms with Gasteiger partial charge in [0.15, 0.2) is 5.75 Å². The van der Waals surface area contributed by atoms with E-state index in [2.05, 4.69) is 21.0 Å². The lowest BCUT2D eigenvalue weighted by molar-refractivity contribution is 0.473. The lowest BCUT2D eigenvalue weighted by Gasteiger charge is -2.11. The Morgan fingerprint density at radius 1 is 1.25 bits per heavy atom. The molecule has 2 aromatic rings. The monoisotopic (exact) mass is 280 g/mol. The number of halogens is 1. The molecule has 16 heavy (non-hydrogen) atoms. The fraction of sp³-hybridized carbons (Fsp3) is 0.250. The van der Waals surface area contributed by atoms with Crippen molar-refractivity contribution in [3.63, 3.8) is 0 Å². The van der Waals surface area contributed by atoms with Gasteiger partial charge < -0.3 is 5.11 Å². The van der Waals surface area contributed by atoms with Crippen molar-refractivity contribution in [2.45, 2.75) is 19.9 Å². The van der Waals surface area contributed by atoms with Crippen molar-refractivity contribution in [1.82, 2.24) is 9.78 Å². The first kappa shape index (κ1) is 11.2. The maximum Gasteiger partial charge on any atom is 0.161 e. The van der Waals surface area contributed by atoms with E-state index in [1.54, 1.807) is 0 Å². The number of aromatic nitrogens is 2. The zero-order valence-electron chi connectivity index (χ0n) is 9.18. The minimum absolute atomic E-state index is 0.219. The van der Waals surface area contributed by atoms with Crippen LogP contribution in [0.4, 0.5) is 0 Å². The van der Waals surface area contributed by atoms with Crippen LogP contribution in [0.25, 0.3) is 11.3 Å². The SMILES string of the molecule is CC(C)n1ncc(O)c1-c1ccc(Br)cc1. The average molecular weight is 281 g/mol. The van der Waals surface area contributed by atoms with Crippen molar-refractivity contribution >= 4 is 15.9 Å². The predicted octanol–water partition coefficient (Wildman–Crippen LogP) is 3.60. The van der Waals surface area contributed by atoms with Gasteiger partial charge in [0.1, 0.15) is 5.69 Å². The molecule has 1 heterocycles. The van der Waals surface area contributed by atoms with Gasteiger partial charge in [0.2, 0.25) is 0 Å². The molecule has 0 saturated heterocycles. The van der Waals surface area contributed by atoms with Gasteiger partial charge in [-0.2, -0.15) is 5.10 Å². The molecule has 0 fully saturated rings. The summed E-state index contributed by atoms with van der Waals surface area (Å²) in [5.41, 5.74) is 1.73. The van der Waals surface area contributed by atoms with Gasteiger partial charge >= 0.3 is 0 Å². The zero-order valence-corrected chi connectivity index (χ0v) is 10.8. The smallest absolute Gasteiger partial charge is 0.161 e. The van der Waals surface area contributed by atoms with Crippen molar-refractivity contribution in [1.29, 1.82) is 0 Å². The van der Waals surface area contributed by atoms with Gasteiger partial charge in [-0.1, -0.05) is 28.1 Å². The summed E-state index contributed by atoms with van der Waals surface area (Å²) in [5, 5.41) is 14.0. The largest absolute Gasteiger partial charge is 0.504 e. The third-order valence-corrected chi connectivity index (χ3v) is 2.91. The van der Waals surface area contributed by atoms with E-state index in [1.807, 2.05) is 42.8 Å². The fourth-order valence-corrected chi connectivity index (χ4v) is 1.90. The molecule has 1 aromatic heterocycles. The Labute approximate surface area is 103 Å². The second-order valence-electron chi connectivity index (χ2n) is 3.92.